The number of para-hydroxylation sites is 1. The molecule has 5 rings (SSSR count). The summed E-state index contributed by atoms with van der Waals surface area (Å²) in [6, 6.07) is 27.1. The zero-order valence-electron chi connectivity index (χ0n) is 17.0. The number of fused-ring (bicyclic) bond motifs is 1. The van der Waals surface area contributed by atoms with E-state index in [0.29, 0.717) is 16.7 Å². The van der Waals surface area contributed by atoms with Crippen LogP contribution in [-0.2, 0) is 4.79 Å². The molecule has 6 nitrogen and oxygen atoms in total. The fourth-order valence-electron chi connectivity index (χ4n) is 3.37. The molecule has 0 fully saturated rings. The number of ether oxygens (including phenoxy) is 1. The number of aromatic nitrogens is 4. The van der Waals surface area contributed by atoms with Crippen LogP contribution in [0.1, 0.15) is 0 Å². The van der Waals surface area contributed by atoms with E-state index in [-0.39, 0.29) is 11.7 Å². The minimum absolute atomic E-state index is 0.102. The third-order valence-corrected chi connectivity index (χ3v) is 5.74. The minimum atomic E-state index is -0.351. The van der Waals surface area contributed by atoms with Crippen molar-refractivity contribution in [3.63, 3.8) is 0 Å². The number of pyridine rings is 1. The van der Waals surface area contributed by atoms with Crippen LogP contribution in [0.25, 0.3) is 27.8 Å². The van der Waals surface area contributed by atoms with Crippen molar-refractivity contribution in [1.29, 1.82) is 0 Å². The highest BCUT2D eigenvalue weighted by molar-refractivity contribution is 7.99. The first-order chi connectivity index (χ1) is 15.8. The molecule has 5 aromatic rings. The highest BCUT2D eigenvalue weighted by Crippen LogP contribution is 2.28. The first-order valence-electron chi connectivity index (χ1n) is 10.0. The molecule has 0 bridgehead atoms. The lowest BCUT2D eigenvalue weighted by atomic mass is 10.1. The maximum absolute atomic E-state index is 12.5. The van der Waals surface area contributed by atoms with Gasteiger partial charge in [-0.2, -0.15) is 0 Å². The molecule has 2 heterocycles. The Morgan fingerprint density at radius 1 is 0.875 bits per heavy atom. The van der Waals surface area contributed by atoms with Crippen molar-refractivity contribution in [3.05, 3.63) is 97.3 Å². The van der Waals surface area contributed by atoms with Gasteiger partial charge in [-0.3, -0.25) is 14.3 Å². The fourth-order valence-corrected chi connectivity index (χ4v) is 4.10. The lowest BCUT2D eigenvalue weighted by molar-refractivity contribution is -0.131. The van der Waals surface area contributed by atoms with Gasteiger partial charge in [0.15, 0.2) is 11.0 Å². The van der Waals surface area contributed by atoms with Gasteiger partial charge in [0, 0.05) is 23.6 Å². The van der Waals surface area contributed by atoms with E-state index < -0.39 is 0 Å². The van der Waals surface area contributed by atoms with Gasteiger partial charge in [-0.1, -0.05) is 60.3 Å². The summed E-state index contributed by atoms with van der Waals surface area (Å²) in [6.45, 7) is 0. The van der Waals surface area contributed by atoms with Crippen molar-refractivity contribution in [1.82, 2.24) is 19.7 Å². The van der Waals surface area contributed by atoms with E-state index >= 15 is 0 Å². The van der Waals surface area contributed by atoms with Crippen LogP contribution in [0.2, 0.25) is 0 Å². The average molecular weight is 439 g/mol. The number of thioether (sulfide) groups is 1. The molecule has 0 spiro atoms. The molecule has 0 aliphatic heterocycles. The van der Waals surface area contributed by atoms with Crippen molar-refractivity contribution in [2.24, 2.45) is 0 Å². The van der Waals surface area contributed by atoms with Crippen molar-refractivity contribution in [2.75, 3.05) is 5.75 Å². The number of rotatable bonds is 6. The van der Waals surface area contributed by atoms with Crippen molar-refractivity contribution < 1.29 is 9.53 Å². The number of carbonyl (C=O) groups is 1. The van der Waals surface area contributed by atoms with Gasteiger partial charge >= 0.3 is 5.97 Å². The normalized spacial score (nSPS) is 10.9. The van der Waals surface area contributed by atoms with Crippen molar-refractivity contribution in [2.45, 2.75) is 5.16 Å². The Morgan fingerprint density at radius 2 is 1.69 bits per heavy atom. The van der Waals surface area contributed by atoms with E-state index in [9.17, 15) is 4.79 Å². The number of hydrogen-bond donors (Lipinski definition) is 0. The largest absolute Gasteiger partial charge is 0.426 e. The van der Waals surface area contributed by atoms with Crippen LogP contribution >= 0.6 is 11.8 Å². The van der Waals surface area contributed by atoms with E-state index in [2.05, 4.69) is 15.2 Å². The summed E-state index contributed by atoms with van der Waals surface area (Å²) in [6.07, 6.45) is 3.46. The maximum atomic E-state index is 12.5. The molecule has 0 N–H and O–H groups in total. The predicted octanol–water partition coefficient (Wildman–Crippen LogP) is 5.18. The lowest BCUT2D eigenvalue weighted by Crippen LogP contribution is -2.11. The number of esters is 1. The number of nitrogens with zero attached hydrogens (tertiary/aromatic N) is 4. The standard InChI is InChI=1S/C25H18N4O2S/c30-23(31-22-13-12-18-7-4-5-8-19(18)15-22)17-32-25-28-27-24(20-9-6-14-26-16-20)29(25)21-10-2-1-3-11-21/h1-16H,17H2. The highest BCUT2D eigenvalue weighted by atomic mass is 32.2. The van der Waals surface area contributed by atoms with Crippen molar-refractivity contribution in [3.8, 4) is 22.8 Å². The van der Waals surface area contributed by atoms with Gasteiger partial charge in [-0.25, -0.2) is 0 Å². The van der Waals surface area contributed by atoms with Crippen LogP contribution in [-0.4, -0.2) is 31.5 Å². The lowest BCUT2D eigenvalue weighted by Gasteiger charge is -2.10. The Morgan fingerprint density at radius 3 is 2.50 bits per heavy atom. The van der Waals surface area contributed by atoms with Crippen LogP contribution < -0.4 is 4.74 Å². The second kappa shape index (κ2) is 9.03. The van der Waals surface area contributed by atoms with Gasteiger partial charge in [-0.15, -0.1) is 10.2 Å². The Bertz CT molecular complexity index is 1370. The van der Waals surface area contributed by atoms with E-state index in [1.165, 1.54) is 11.8 Å². The van der Waals surface area contributed by atoms with Gasteiger partial charge in [-0.05, 0) is 47.2 Å². The molecule has 0 saturated carbocycles. The number of hydrogen-bond acceptors (Lipinski definition) is 6. The summed E-state index contributed by atoms with van der Waals surface area (Å²) in [5.41, 5.74) is 1.75. The first-order valence-corrected chi connectivity index (χ1v) is 11.0. The zero-order chi connectivity index (χ0) is 21.8. The minimum Gasteiger partial charge on any atom is -0.426 e. The number of benzene rings is 3. The summed E-state index contributed by atoms with van der Waals surface area (Å²) in [4.78, 5) is 16.7. The Kier molecular flexibility index (Phi) is 5.63. The molecule has 0 amide bonds. The van der Waals surface area contributed by atoms with Crippen LogP contribution in [0.15, 0.2) is 102 Å². The fraction of sp³-hybridized carbons (Fsp3) is 0.0400. The van der Waals surface area contributed by atoms with Crippen LogP contribution in [0.4, 0.5) is 0 Å². The first kappa shape index (κ1) is 20.0. The summed E-state index contributed by atoms with van der Waals surface area (Å²) in [7, 11) is 0. The smallest absolute Gasteiger partial charge is 0.321 e. The quantitative estimate of drug-likeness (QED) is 0.207. The molecule has 3 aromatic carbocycles. The van der Waals surface area contributed by atoms with E-state index in [1.807, 2.05) is 83.4 Å². The number of carbonyl (C=O) groups excluding carboxylic acids is 1. The third kappa shape index (κ3) is 4.24. The molecule has 156 valence electrons. The molecular weight excluding hydrogens is 420 g/mol. The Labute approximate surface area is 188 Å². The van der Waals surface area contributed by atoms with E-state index in [0.717, 1.165) is 22.0 Å². The molecule has 2 aromatic heterocycles. The monoisotopic (exact) mass is 438 g/mol. The zero-order valence-corrected chi connectivity index (χ0v) is 17.8. The van der Waals surface area contributed by atoms with Crippen LogP contribution in [0.3, 0.4) is 0 Å². The van der Waals surface area contributed by atoms with E-state index in [1.54, 1.807) is 18.5 Å². The molecular formula is C25H18N4O2S. The molecule has 7 heteroatoms. The predicted molar refractivity (Wildman–Crippen MR) is 125 cm³/mol. The summed E-state index contributed by atoms with van der Waals surface area (Å²) >= 11 is 1.28. The molecule has 0 atom stereocenters. The molecule has 0 saturated heterocycles. The van der Waals surface area contributed by atoms with Gasteiger partial charge in [0.1, 0.15) is 5.75 Å². The SMILES string of the molecule is O=C(CSc1nnc(-c2cccnc2)n1-c1ccccc1)Oc1ccc2ccccc2c1. The Balaban J connectivity index is 1.37. The highest BCUT2D eigenvalue weighted by Gasteiger charge is 2.18. The summed E-state index contributed by atoms with van der Waals surface area (Å²) in [5, 5.41) is 11.4. The van der Waals surface area contributed by atoms with Gasteiger partial charge in [0.05, 0.1) is 5.75 Å². The summed E-state index contributed by atoms with van der Waals surface area (Å²) < 4.78 is 7.48. The second-order valence-electron chi connectivity index (χ2n) is 6.99. The van der Waals surface area contributed by atoms with Gasteiger partial charge < -0.3 is 4.74 Å². The molecule has 32 heavy (non-hydrogen) atoms. The average Bonchev–Trinajstić information content (AvgIpc) is 3.28. The third-order valence-electron chi connectivity index (χ3n) is 4.84. The Hall–Kier alpha value is -3.97. The topological polar surface area (TPSA) is 69.9 Å². The van der Waals surface area contributed by atoms with E-state index in [4.69, 9.17) is 4.74 Å². The van der Waals surface area contributed by atoms with Crippen LogP contribution in [0.5, 0.6) is 5.75 Å². The van der Waals surface area contributed by atoms with Crippen molar-refractivity contribution >= 4 is 28.5 Å². The molecule has 0 unspecified atom stereocenters. The van der Waals surface area contributed by atoms with Gasteiger partial charge in [0.2, 0.25) is 0 Å². The van der Waals surface area contributed by atoms with Gasteiger partial charge in [0.25, 0.3) is 0 Å². The second-order valence-corrected chi connectivity index (χ2v) is 7.93. The van der Waals surface area contributed by atoms with Crippen LogP contribution in [0, 0.1) is 0 Å². The maximum Gasteiger partial charge on any atom is 0.321 e. The molecule has 0 aliphatic rings. The summed E-state index contributed by atoms with van der Waals surface area (Å²) in [5.74, 6) is 0.936. The molecule has 0 aliphatic carbocycles. The molecule has 0 radical (unpaired) electrons.